The smallest absolute Gasteiger partial charge is 0.238 e. The van der Waals surface area contributed by atoms with Crippen LogP contribution in [0, 0.1) is 0 Å². The maximum Gasteiger partial charge on any atom is 0.238 e. The van der Waals surface area contributed by atoms with Gasteiger partial charge in [-0.3, -0.25) is 0 Å². The monoisotopic (exact) mass is 254 g/mol. The van der Waals surface area contributed by atoms with Crippen molar-refractivity contribution in [2.45, 2.75) is 13.5 Å². The molecule has 0 spiro atoms. The molecule has 0 aromatic carbocycles. The lowest BCUT2D eigenvalue weighted by Gasteiger charge is -2.06. The van der Waals surface area contributed by atoms with Crippen molar-refractivity contribution < 1.29 is 4.74 Å². The molecule has 2 heterocycles. The van der Waals surface area contributed by atoms with Gasteiger partial charge in [-0.25, -0.2) is 4.98 Å². The molecular weight excluding hydrogens is 244 g/mol. The van der Waals surface area contributed by atoms with Gasteiger partial charge in [-0.2, -0.15) is 0 Å². The number of rotatable bonds is 2. The van der Waals surface area contributed by atoms with Crippen LogP contribution < -0.4 is 4.74 Å². The number of pyridine rings is 1. The molecule has 0 saturated carbocycles. The Morgan fingerprint density at radius 3 is 3.00 bits per heavy atom. The molecule has 2 aromatic heterocycles. The Morgan fingerprint density at radius 1 is 1.57 bits per heavy atom. The third kappa shape index (κ3) is 1.30. The van der Waals surface area contributed by atoms with Crippen LogP contribution in [0.4, 0.5) is 0 Å². The second-order valence-corrected chi connectivity index (χ2v) is 3.83. The van der Waals surface area contributed by atoms with Gasteiger partial charge in [-0.15, -0.1) is 0 Å². The van der Waals surface area contributed by atoms with E-state index in [0.29, 0.717) is 5.88 Å². The highest BCUT2D eigenvalue weighted by atomic mass is 79.9. The van der Waals surface area contributed by atoms with Crippen molar-refractivity contribution >= 4 is 26.8 Å². The van der Waals surface area contributed by atoms with Crippen molar-refractivity contribution in [2.75, 3.05) is 7.11 Å². The Labute approximate surface area is 90.8 Å². The van der Waals surface area contributed by atoms with E-state index in [-0.39, 0.29) is 0 Å². The fourth-order valence-electron chi connectivity index (χ4n) is 1.56. The van der Waals surface area contributed by atoms with Crippen LogP contribution in [0.3, 0.4) is 0 Å². The summed E-state index contributed by atoms with van der Waals surface area (Å²) in [7, 11) is 1.64. The van der Waals surface area contributed by atoms with Gasteiger partial charge in [0.25, 0.3) is 0 Å². The van der Waals surface area contributed by atoms with Crippen molar-refractivity contribution in [3.05, 3.63) is 22.9 Å². The minimum absolute atomic E-state index is 0.676. The van der Waals surface area contributed by atoms with E-state index in [9.17, 15) is 0 Å². The average Bonchev–Trinajstić information content (AvgIpc) is 2.63. The van der Waals surface area contributed by atoms with Crippen LogP contribution in [0.2, 0.25) is 0 Å². The van der Waals surface area contributed by atoms with Crippen LogP contribution in [-0.4, -0.2) is 16.7 Å². The number of hydrogen-bond acceptors (Lipinski definition) is 2. The highest BCUT2D eigenvalue weighted by Gasteiger charge is 2.10. The minimum atomic E-state index is 0.676. The highest BCUT2D eigenvalue weighted by molar-refractivity contribution is 9.10. The molecule has 74 valence electrons. The van der Waals surface area contributed by atoms with E-state index in [2.05, 4.69) is 38.5 Å². The maximum atomic E-state index is 5.23. The molecule has 0 atom stereocenters. The first-order chi connectivity index (χ1) is 6.77. The molecule has 2 aromatic rings. The summed E-state index contributed by atoms with van der Waals surface area (Å²) in [6.07, 6.45) is 3.81. The third-order valence-corrected chi connectivity index (χ3v) is 2.88. The predicted molar refractivity (Wildman–Crippen MR) is 59.7 cm³/mol. The standard InChI is InChI=1S/C10H11BrN2O/c1-3-13-5-4-7-8(11)6-12-10(14-2)9(7)13/h4-6H,3H2,1-2H3. The van der Waals surface area contributed by atoms with Crippen molar-refractivity contribution in [2.24, 2.45) is 0 Å². The lowest BCUT2D eigenvalue weighted by atomic mass is 10.3. The van der Waals surface area contributed by atoms with E-state index < -0.39 is 0 Å². The Kier molecular flexibility index (Phi) is 2.46. The van der Waals surface area contributed by atoms with Crippen molar-refractivity contribution in [3.8, 4) is 5.88 Å². The summed E-state index contributed by atoms with van der Waals surface area (Å²) in [4.78, 5) is 4.22. The van der Waals surface area contributed by atoms with E-state index in [4.69, 9.17) is 4.74 Å². The highest BCUT2D eigenvalue weighted by Crippen LogP contribution is 2.30. The first-order valence-corrected chi connectivity index (χ1v) is 5.24. The van der Waals surface area contributed by atoms with Gasteiger partial charge in [0.15, 0.2) is 0 Å². The summed E-state index contributed by atoms with van der Waals surface area (Å²) in [6.45, 7) is 3.01. The zero-order valence-electron chi connectivity index (χ0n) is 8.12. The fourth-order valence-corrected chi connectivity index (χ4v) is 1.98. The average molecular weight is 255 g/mol. The third-order valence-electron chi connectivity index (χ3n) is 2.25. The van der Waals surface area contributed by atoms with Gasteiger partial charge in [0.2, 0.25) is 5.88 Å². The number of ether oxygens (including phenoxy) is 1. The maximum absolute atomic E-state index is 5.23. The minimum Gasteiger partial charge on any atom is -0.479 e. The molecule has 0 radical (unpaired) electrons. The van der Waals surface area contributed by atoms with E-state index in [1.807, 2.05) is 6.20 Å². The largest absolute Gasteiger partial charge is 0.479 e. The van der Waals surface area contributed by atoms with Crippen LogP contribution in [0.1, 0.15) is 6.92 Å². The molecule has 4 heteroatoms. The van der Waals surface area contributed by atoms with Crippen molar-refractivity contribution in [1.82, 2.24) is 9.55 Å². The zero-order valence-corrected chi connectivity index (χ0v) is 9.71. The number of methoxy groups -OCH3 is 1. The van der Waals surface area contributed by atoms with E-state index in [1.54, 1.807) is 13.3 Å². The molecule has 0 aliphatic carbocycles. The molecule has 0 N–H and O–H groups in total. The van der Waals surface area contributed by atoms with Crippen LogP contribution in [0.5, 0.6) is 5.88 Å². The molecule has 3 nitrogen and oxygen atoms in total. The molecule has 2 rings (SSSR count). The molecule has 0 aliphatic heterocycles. The van der Waals surface area contributed by atoms with E-state index >= 15 is 0 Å². The van der Waals surface area contributed by atoms with Crippen LogP contribution >= 0.6 is 15.9 Å². The molecule has 0 fully saturated rings. The number of fused-ring (bicyclic) bond motifs is 1. The molecule has 0 aliphatic rings. The first-order valence-electron chi connectivity index (χ1n) is 4.45. The van der Waals surface area contributed by atoms with E-state index in [1.165, 1.54) is 0 Å². The number of aromatic nitrogens is 2. The van der Waals surface area contributed by atoms with Gasteiger partial charge in [0.1, 0.15) is 5.52 Å². The number of hydrogen-bond donors (Lipinski definition) is 0. The molecule has 0 unspecified atom stereocenters. The number of aryl methyl sites for hydroxylation is 1. The van der Waals surface area contributed by atoms with Crippen molar-refractivity contribution in [3.63, 3.8) is 0 Å². The van der Waals surface area contributed by atoms with Gasteiger partial charge >= 0.3 is 0 Å². The molecule has 14 heavy (non-hydrogen) atoms. The van der Waals surface area contributed by atoms with Gasteiger partial charge in [0, 0.05) is 28.8 Å². The molecule has 0 bridgehead atoms. The molecule has 0 saturated heterocycles. The number of nitrogens with zero attached hydrogens (tertiary/aromatic N) is 2. The predicted octanol–water partition coefficient (Wildman–Crippen LogP) is 2.83. The summed E-state index contributed by atoms with van der Waals surface area (Å²) in [5.74, 6) is 0.676. The van der Waals surface area contributed by atoms with Crippen molar-refractivity contribution in [1.29, 1.82) is 0 Å². The van der Waals surface area contributed by atoms with Gasteiger partial charge < -0.3 is 9.30 Å². The van der Waals surface area contributed by atoms with Crippen LogP contribution in [0.25, 0.3) is 10.9 Å². The quantitative estimate of drug-likeness (QED) is 0.825. The van der Waals surface area contributed by atoms with Gasteiger partial charge in [0.05, 0.1) is 7.11 Å². The first kappa shape index (κ1) is 9.52. The summed E-state index contributed by atoms with van der Waals surface area (Å²) >= 11 is 3.47. The fraction of sp³-hybridized carbons (Fsp3) is 0.300. The van der Waals surface area contributed by atoms with E-state index in [0.717, 1.165) is 21.9 Å². The SMILES string of the molecule is CCn1ccc2c(Br)cnc(OC)c21. The second-order valence-electron chi connectivity index (χ2n) is 2.98. The van der Waals surface area contributed by atoms with Gasteiger partial charge in [-0.1, -0.05) is 0 Å². The second kappa shape index (κ2) is 3.61. The lowest BCUT2D eigenvalue weighted by molar-refractivity contribution is 0.401. The Hall–Kier alpha value is -1.03. The lowest BCUT2D eigenvalue weighted by Crippen LogP contribution is -1.96. The zero-order chi connectivity index (χ0) is 10.1. The van der Waals surface area contributed by atoms with Crippen LogP contribution in [0.15, 0.2) is 22.9 Å². The normalized spacial score (nSPS) is 10.8. The summed E-state index contributed by atoms with van der Waals surface area (Å²) in [5.41, 5.74) is 1.05. The van der Waals surface area contributed by atoms with Crippen LogP contribution in [-0.2, 0) is 6.54 Å². The molecular formula is C10H11BrN2O. The molecule has 0 amide bonds. The summed E-state index contributed by atoms with van der Waals surface area (Å²) in [5, 5.41) is 1.14. The topological polar surface area (TPSA) is 27.1 Å². The Morgan fingerprint density at radius 2 is 2.36 bits per heavy atom. The Balaban J connectivity index is 2.82. The van der Waals surface area contributed by atoms with Gasteiger partial charge in [-0.05, 0) is 28.9 Å². The summed E-state index contributed by atoms with van der Waals surface area (Å²) < 4.78 is 8.35. The number of halogens is 1. The Bertz CT molecular complexity index is 464. The summed E-state index contributed by atoms with van der Waals surface area (Å²) in [6, 6.07) is 2.06.